The number of aliphatic carboxylic acids is 1. The Kier molecular flexibility index (Phi) is 4.44. The van der Waals surface area contributed by atoms with E-state index in [1.165, 1.54) is 4.90 Å². The van der Waals surface area contributed by atoms with Gasteiger partial charge in [0.25, 0.3) is 5.91 Å². The van der Waals surface area contributed by atoms with E-state index in [9.17, 15) is 14.7 Å². The minimum absolute atomic E-state index is 0.131. The Morgan fingerprint density at radius 1 is 1.27 bits per heavy atom. The second-order valence-corrected chi connectivity index (χ2v) is 6.24. The third-order valence-electron chi connectivity index (χ3n) is 4.35. The third kappa shape index (κ3) is 2.93. The van der Waals surface area contributed by atoms with Crippen molar-refractivity contribution in [2.24, 2.45) is 0 Å². The van der Waals surface area contributed by atoms with Crippen molar-refractivity contribution in [3.05, 3.63) is 28.8 Å². The summed E-state index contributed by atoms with van der Waals surface area (Å²) in [6, 6.07) is 4.01. The van der Waals surface area contributed by atoms with Crippen LogP contribution in [-0.2, 0) is 9.59 Å². The first-order valence-corrected chi connectivity index (χ1v) is 7.50. The van der Waals surface area contributed by atoms with Crippen molar-refractivity contribution in [2.45, 2.75) is 46.1 Å². The number of benzene rings is 1. The molecular weight excluding hydrogens is 282 g/mol. The van der Waals surface area contributed by atoms with Crippen LogP contribution in [0.3, 0.4) is 0 Å². The minimum Gasteiger partial charge on any atom is -0.483 e. The molecule has 1 fully saturated rings. The molecule has 0 spiro atoms. The van der Waals surface area contributed by atoms with Crippen molar-refractivity contribution >= 4 is 11.9 Å². The second kappa shape index (κ2) is 5.99. The number of amides is 1. The normalized spacial score (nSPS) is 21.0. The smallest absolute Gasteiger partial charge is 0.329 e. The van der Waals surface area contributed by atoms with Crippen LogP contribution >= 0.6 is 0 Å². The van der Waals surface area contributed by atoms with E-state index in [-0.39, 0.29) is 12.5 Å². The summed E-state index contributed by atoms with van der Waals surface area (Å²) in [7, 11) is 0. The molecule has 5 nitrogen and oxygen atoms in total. The first-order valence-electron chi connectivity index (χ1n) is 7.50. The third-order valence-corrected chi connectivity index (χ3v) is 4.35. The lowest BCUT2D eigenvalue weighted by Crippen LogP contribution is -2.52. The number of hydrogen-bond acceptors (Lipinski definition) is 3. The molecule has 1 N–H and O–H groups in total. The van der Waals surface area contributed by atoms with Crippen molar-refractivity contribution in [3.63, 3.8) is 0 Å². The fourth-order valence-corrected chi connectivity index (χ4v) is 3.19. The van der Waals surface area contributed by atoms with Crippen molar-refractivity contribution < 1.29 is 19.4 Å². The molecule has 0 aromatic heterocycles. The summed E-state index contributed by atoms with van der Waals surface area (Å²) in [5.41, 5.74) is 1.99. The Bertz CT molecular complexity index is 588. The molecule has 1 saturated heterocycles. The van der Waals surface area contributed by atoms with Crippen LogP contribution in [0, 0.1) is 20.8 Å². The number of carbonyl (C=O) groups is 2. The van der Waals surface area contributed by atoms with Crippen LogP contribution in [0.25, 0.3) is 0 Å². The Morgan fingerprint density at radius 2 is 1.86 bits per heavy atom. The molecule has 120 valence electrons. The van der Waals surface area contributed by atoms with Gasteiger partial charge in [-0.1, -0.05) is 17.7 Å². The van der Waals surface area contributed by atoms with E-state index >= 15 is 0 Å². The molecule has 0 saturated carbocycles. The highest BCUT2D eigenvalue weighted by Crippen LogP contribution is 2.30. The number of nitrogens with zero attached hydrogens (tertiary/aromatic N) is 1. The highest BCUT2D eigenvalue weighted by Gasteiger charge is 2.45. The van der Waals surface area contributed by atoms with Gasteiger partial charge in [0.15, 0.2) is 6.61 Å². The number of carboxylic acids is 1. The van der Waals surface area contributed by atoms with Crippen molar-refractivity contribution in [1.82, 2.24) is 4.90 Å². The molecule has 1 atom stereocenters. The molecule has 1 aliphatic heterocycles. The number of carbonyl (C=O) groups excluding carboxylic acids is 1. The van der Waals surface area contributed by atoms with Crippen LogP contribution < -0.4 is 4.74 Å². The Balaban J connectivity index is 2.09. The van der Waals surface area contributed by atoms with E-state index in [0.29, 0.717) is 25.1 Å². The van der Waals surface area contributed by atoms with Gasteiger partial charge in [0, 0.05) is 6.54 Å². The maximum absolute atomic E-state index is 12.4. The highest BCUT2D eigenvalue weighted by molar-refractivity contribution is 5.88. The van der Waals surface area contributed by atoms with Gasteiger partial charge in [0.2, 0.25) is 0 Å². The van der Waals surface area contributed by atoms with Crippen LogP contribution in [0.1, 0.15) is 36.5 Å². The molecule has 1 amide bonds. The zero-order valence-corrected chi connectivity index (χ0v) is 13.6. The number of ether oxygens (including phenoxy) is 1. The van der Waals surface area contributed by atoms with Gasteiger partial charge < -0.3 is 14.7 Å². The molecule has 5 heteroatoms. The molecule has 2 rings (SSSR count). The number of rotatable bonds is 4. The number of aryl methyl sites for hydroxylation is 3. The zero-order chi connectivity index (χ0) is 16.5. The average Bonchev–Trinajstić information content (AvgIpc) is 2.80. The lowest BCUT2D eigenvalue weighted by molar-refractivity contribution is -0.156. The van der Waals surface area contributed by atoms with Gasteiger partial charge in [0.05, 0.1) is 0 Å². The van der Waals surface area contributed by atoms with Crippen LogP contribution in [0.2, 0.25) is 0 Å². The van der Waals surface area contributed by atoms with E-state index in [2.05, 4.69) is 0 Å². The molecule has 1 aromatic rings. The lowest BCUT2D eigenvalue weighted by Gasteiger charge is -2.31. The van der Waals surface area contributed by atoms with Gasteiger partial charge in [0.1, 0.15) is 11.3 Å². The Hall–Kier alpha value is -2.04. The fraction of sp³-hybridized carbons (Fsp3) is 0.529. The largest absolute Gasteiger partial charge is 0.483 e. The Labute approximate surface area is 130 Å². The molecule has 1 aromatic carbocycles. The second-order valence-electron chi connectivity index (χ2n) is 6.24. The monoisotopic (exact) mass is 305 g/mol. The van der Waals surface area contributed by atoms with Gasteiger partial charge in [-0.15, -0.1) is 0 Å². The summed E-state index contributed by atoms with van der Waals surface area (Å²) in [5.74, 6) is -0.530. The highest BCUT2D eigenvalue weighted by atomic mass is 16.5. The molecule has 22 heavy (non-hydrogen) atoms. The van der Waals surface area contributed by atoms with Gasteiger partial charge in [-0.25, -0.2) is 4.79 Å². The average molecular weight is 305 g/mol. The quantitative estimate of drug-likeness (QED) is 0.928. The summed E-state index contributed by atoms with van der Waals surface area (Å²) in [5, 5.41) is 9.36. The summed E-state index contributed by atoms with van der Waals surface area (Å²) < 4.78 is 5.69. The van der Waals surface area contributed by atoms with Gasteiger partial charge in [-0.05, 0) is 51.7 Å². The number of hydrogen-bond donors (Lipinski definition) is 1. The van der Waals surface area contributed by atoms with Gasteiger partial charge in [-0.3, -0.25) is 4.79 Å². The predicted octanol–water partition coefficient (Wildman–Crippen LogP) is 2.46. The van der Waals surface area contributed by atoms with Crippen LogP contribution in [-0.4, -0.2) is 40.6 Å². The van der Waals surface area contributed by atoms with Crippen molar-refractivity contribution in [2.75, 3.05) is 13.2 Å². The summed E-state index contributed by atoms with van der Waals surface area (Å²) >= 11 is 0. The first-order chi connectivity index (χ1) is 10.3. The van der Waals surface area contributed by atoms with E-state index in [1.54, 1.807) is 6.92 Å². The van der Waals surface area contributed by atoms with E-state index < -0.39 is 11.5 Å². The predicted molar refractivity (Wildman–Crippen MR) is 83.1 cm³/mol. The van der Waals surface area contributed by atoms with Crippen LogP contribution in [0.4, 0.5) is 0 Å². The molecule has 1 unspecified atom stereocenters. The molecule has 0 aliphatic carbocycles. The molecular formula is C17H23NO4. The standard InChI is InChI=1S/C17H23NO4/c1-11-8-12(2)15(13(3)9-11)22-10-14(19)18-7-5-6-17(18,4)16(20)21/h8-9H,5-7,10H2,1-4H3,(H,20,21). The fourth-order valence-electron chi connectivity index (χ4n) is 3.19. The molecule has 0 bridgehead atoms. The van der Waals surface area contributed by atoms with E-state index in [4.69, 9.17) is 4.74 Å². The van der Waals surface area contributed by atoms with Crippen molar-refractivity contribution in [3.8, 4) is 5.75 Å². The zero-order valence-electron chi connectivity index (χ0n) is 13.6. The molecule has 0 radical (unpaired) electrons. The van der Waals surface area contributed by atoms with Crippen LogP contribution in [0.15, 0.2) is 12.1 Å². The Morgan fingerprint density at radius 3 is 2.41 bits per heavy atom. The van der Waals surface area contributed by atoms with Crippen molar-refractivity contribution in [1.29, 1.82) is 0 Å². The SMILES string of the molecule is Cc1cc(C)c(OCC(=O)N2CCCC2(C)C(=O)O)c(C)c1. The van der Waals surface area contributed by atoms with Crippen LogP contribution in [0.5, 0.6) is 5.75 Å². The maximum atomic E-state index is 12.4. The number of likely N-dealkylation sites (tertiary alicyclic amines) is 1. The van der Waals surface area contributed by atoms with E-state index in [0.717, 1.165) is 16.7 Å². The summed E-state index contributed by atoms with van der Waals surface area (Å²) in [6.45, 7) is 7.83. The molecule has 1 aliphatic rings. The lowest BCUT2D eigenvalue weighted by atomic mass is 9.99. The number of carboxylic acid groups (broad SMARTS) is 1. The minimum atomic E-state index is -1.11. The maximum Gasteiger partial charge on any atom is 0.329 e. The van der Waals surface area contributed by atoms with Gasteiger partial charge >= 0.3 is 5.97 Å². The summed E-state index contributed by atoms with van der Waals surface area (Å²) in [4.78, 5) is 25.2. The van der Waals surface area contributed by atoms with Gasteiger partial charge in [-0.2, -0.15) is 0 Å². The topological polar surface area (TPSA) is 66.8 Å². The summed E-state index contributed by atoms with van der Waals surface area (Å²) in [6.07, 6.45) is 1.19. The first kappa shape index (κ1) is 16.3. The van der Waals surface area contributed by atoms with E-state index in [1.807, 2.05) is 32.9 Å². The molecule has 1 heterocycles.